The summed E-state index contributed by atoms with van der Waals surface area (Å²) in [6.07, 6.45) is 4.52. The Kier molecular flexibility index (Phi) is 5.02. The third-order valence-corrected chi connectivity index (χ3v) is 4.96. The van der Waals surface area contributed by atoms with Crippen molar-refractivity contribution >= 4 is 23.5 Å². The first-order chi connectivity index (χ1) is 11.3. The van der Waals surface area contributed by atoms with Gasteiger partial charge in [0, 0.05) is 36.1 Å². The average molecular weight is 330 g/mol. The van der Waals surface area contributed by atoms with E-state index in [-0.39, 0.29) is 12.5 Å². The predicted octanol–water partition coefficient (Wildman–Crippen LogP) is 2.74. The van der Waals surface area contributed by atoms with Gasteiger partial charge in [-0.2, -0.15) is 0 Å². The van der Waals surface area contributed by atoms with Crippen molar-refractivity contribution in [3.05, 3.63) is 46.4 Å². The normalized spacial score (nSPS) is 15.4. The van der Waals surface area contributed by atoms with Gasteiger partial charge in [0.25, 0.3) is 5.91 Å². The minimum absolute atomic E-state index is 0.00190. The molecule has 2 aromatic rings. The van der Waals surface area contributed by atoms with Crippen molar-refractivity contribution in [3.63, 3.8) is 0 Å². The van der Waals surface area contributed by atoms with Crippen LogP contribution in [-0.2, 0) is 4.79 Å². The molecule has 1 aliphatic heterocycles. The number of amides is 1. The first-order valence-electron chi connectivity index (χ1n) is 7.61. The highest BCUT2D eigenvalue weighted by molar-refractivity contribution is 7.09. The van der Waals surface area contributed by atoms with Crippen LogP contribution in [0, 0.1) is 0 Å². The van der Waals surface area contributed by atoms with Crippen LogP contribution in [0.1, 0.15) is 34.1 Å². The molecule has 1 fully saturated rings. The Labute approximate surface area is 138 Å². The monoisotopic (exact) mass is 330 g/mol. The number of aromatic nitrogens is 1. The Balaban J connectivity index is 1.46. The number of carbonyl (C=O) groups excluding carboxylic acids is 2. The summed E-state index contributed by atoms with van der Waals surface area (Å²) in [5.74, 6) is 1.07. The van der Waals surface area contributed by atoms with E-state index in [1.54, 1.807) is 35.6 Å². The summed E-state index contributed by atoms with van der Waals surface area (Å²) >= 11 is 1.69. The van der Waals surface area contributed by atoms with Gasteiger partial charge in [-0.15, -0.1) is 11.3 Å². The molecule has 0 unspecified atom stereocenters. The number of aldehydes is 1. The highest BCUT2D eigenvalue weighted by Gasteiger charge is 2.25. The molecule has 1 saturated heterocycles. The van der Waals surface area contributed by atoms with E-state index >= 15 is 0 Å². The second-order valence-electron chi connectivity index (χ2n) is 5.50. The van der Waals surface area contributed by atoms with E-state index in [0.29, 0.717) is 17.2 Å². The quantitative estimate of drug-likeness (QED) is 0.791. The lowest BCUT2D eigenvalue weighted by atomic mass is 9.97. The number of carbonyl (C=O) groups is 2. The van der Waals surface area contributed by atoms with E-state index in [9.17, 15) is 9.59 Å². The van der Waals surface area contributed by atoms with E-state index in [1.807, 2.05) is 16.5 Å². The molecule has 1 aromatic carbocycles. The lowest BCUT2D eigenvalue weighted by Gasteiger charge is -2.31. The van der Waals surface area contributed by atoms with Crippen LogP contribution in [-0.4, -0.2) is 41.8 Å². The maximum absolute atomic E-state index is 12.2. The summed E-state index contributed by atoms with van der Waals surface area (Å²) in [6, 6.07) is 6.75. The molecule has 0 spiro atoms. The molecule has 0 radical (unpaired) electrons. The van der Waals surface area contributed by atoms with Crippen LogP contribution in [0.15, 0.2) is 35.8 Å². The van der Waals surface area contributed by atoms with Gasteiger partial charge in [-0.1, -0.05) is 0 Å². The van der Waals surface area contributed by atoms with E-state index in [4.69, 9.17) is 4.74 Å². The Morgan fingerprint density at radius 3 is 2.65 bits per heavy atom. The average Bonchev–Trinajstić information content (AvgIpc) is 3.15. The van der Waals surface area contributed by atoms with Crippen LogP contribution in [0.4, 0.5) is 0 Å². The molecule has 0 aliphatic carbocycles. The van der Waals surface area contributed by atoms with Crippen molar-refractivity contribution in [1.29, 1.82) is 0 Å². The Hall–Kier alpha value is -2.21. The van der Waals surface area contributed by atoms with Crippen LogP contribution < -0.4 is 4.74 Å². The first kappa shape index (κ1) is 15.7. The maximum Gasteiger partial charge on any atom is 0.260 e. The number of hydrogen-bond acceptors (Lipinski definition) is 5. The van der Waals surface area contributed by atoms with Crippen molar-refractivity contribution < 1.29 is 14.3 Å². The summed E-state index contributed by atoms with van der Waals surface area (Å²) in [4.78, 5) is 29.0. The molecule has 0 N–H and O–H groups in total. The standard InChI is InChI=1S/C17H18N2O3S/c20-11-13-1-3-15(4-2-13)22-12-16(21)19-8-5-14(6-9-19)17-18-7-10-23-17/h1-4,7,10-11,14H,5-6,8-9,12H2. The van der Waals surface area contributed by atoms with E-state index in [0.717, 1.165) is 32.2 Å². The fourth-order valence-corrected chi connectivity index (χ4v) is 3.50. The topological polar surface area (TPSA) is 59.5 Å². The minimum atomic E-state index is 0.00190. The van der Waals surface area contributed by atoms with Gasteiger partial charge in [0.05, 0.1) is 5.01 Å². The maximum atomic E-state index is 12.2. The lowest BCUT2D eigenvalue weighted by molar-refractivity contribution is -0.134. The van der Waals surface area contributed by atoms with E-state index in [1.165, 1.54) is 5.01 Å². The van der Waals surface area contributed by atoms with Crippen LogP contribution in [0.3, 0.4) is 0 Å². The van der Waals surface area contributed by atoms with Gasteiger partial charge in [0.15, 0.2) is 6.61 Å². The summed E-state index contributed by atoms with van der Waals surface area (Å²) in [5, 5.41) is 3.17. The number of likely N-dealkylation sites (tertiary alicyclic amines) is 1. The predicted molar refractivity (Wildman–Crippen MR) is 88.0 cm³/mol. The van der Waals surface area contributed by atoms with Gasteiger partial charge in [-0.05, 0) is 37.1 Å². The first-order valence-corrected chi connectivity index (χ1v) is 8.49. The fraction of sp³-hybridized carbons (Fsp3) is 0.353. The highest BCUT2D eigenvalue weighted by atomic mass is 32.1. The third-order valence-electron chi connectivity index (χ3n) is 4.03. The molecule has 5 nitrogen and oxygen atoms in total. The highest BCUT2D eigenvalue weighted by Crippen LogP contribution is 2.29. The van der Waals surface area contributed by atoms with E-state index in [2.05, 4.69) is 4.98 Å². The molecular weight excluding hydrogens is 312 g/mol. The van der Waals surface area contributed by atoms with Crippen LogP contribution in [0.25, 0.3) is 0 Å². The smallest absolute Gasteiger partial charge is 0.260 e. The minimum Gasteiger partial charge on any atom is -0.484 e. The van der Waals surface area contributed by atoms with Crippen molar-refractivity contribution in [1.82, 2.24) is 9.88 Å². The number of hydrogen-bond donors (Lipinski definition) is 0. The molecule has 1 aliphatic rings. The second kappa shape index (κ2) is 7.37. The Morgan fingerprint density at radius 2 is 2.04 bits per heavy atom. The molecule has 0 saturated carbocycles. The lowest BCUT2D eigenvalue weighted by Crippen LogP contribution is -2.40. The van der Waals surface area contributed by atoms with E-state index < -0.39 is 0 Å². The largest absolute Gasteiger partial charge is 0.484 e. The second-order valence-corrected chi connectivity index (χ2v) is 6.43. The summed E-state index contributed by atoms with van der Waals surface area (Å²) in [5.41, 5.74) is 0.591. The molecule has 0 bridgehead atoms. The molecule has 120 valence electrons. The fourth-order valence-electron chi connectivity index (χ4n) is 2.69. The Bertz CT molecular complexity index is 647. The zero-order valence-electron chi connectivity index (χ0n) is 12.7. The van der Waals surface area contributed by atoms with Crippen LogP contribution >= 0.6 is 11.3 Å². The number of nitrogens with zero attached hydrogens (tertiary/aromatic N) is 2. The molecule has 0 atom stereocenters. The molecular formula is C17H18N2O3S. The van der Waals surface area contributed by atoms with Gasteiger partial charge >= 0.3 is 0 Å². The van der Waals surface area contributed by atoms with Gasteiger partial charge in [0.1, 0.15) is 12.0 Å². The Morgan fingerprint density at radius 1 is 1.30 bits per heavy atom. The van der Waals surface area contributed by atoms with Gasteiger partial charge in [-0.25, -0.2) is 4.98 Å². The summed E-state index contributed by atoms with van der Waals surface area (Å²) in [7, 11) is 0. The molecule has 1 amide bonds. The molecule has 6 heteroatoms. The zero-order chi connectivity index (χ0) is 16.1. The van der Waals surface area contributed by atoms with Gasteiger partial charge < -0.3 is 9.64 Å². The molecule has 2 heterocycles. The van der Waals surface area contributed by atoms with Crippen LogP contribution in [0.5, 0.6) is 5.75 Å². The van der Waals surface area contributed by atoms with Crippen molar-refractivity contribution in [3.8, 4) is 5.75 Å². The van der Waals surface area contributed by atoms with Crippen LogP contribution in [0.2, 0.25) is 0 Å². The number of rotatable bonds is 5. The zero-order valence-corrected chi connectivity index (χ0v) is 13.5. The molecule has 23 heavy (non-hydrogen) atoms. The number of thiazole rings is 1. The summed E-state index contributed by atoms with van der Waals surface area (Å²) < 4.78 is 5.50. The molecule has 1 aromatic heterocycles. The number of ether oxygens (including phenoxy) is 1. The SMILES string of the molecule is O=Cc1ccc(OCC(=O)N2CCC(c3nccs3)CC2)cc1. The number of piperidine rings is 1. The van der Waals surface area contributed by atoms with Gasteiger partial charge in [0.2, 0.25) is 0 Å². The molecule has 3 rings (SSSR count). The summed E-state index contributed by atoms with van der Waals surface area (Å²) in [6.45, 7) is 1.52. The van der Waals surface area contributed by atoms with Crippen molar-refractivity contribution in [2.75, 3.05) is 19.7 Å². The van der Waals surface area contributed by atoms with Crippen molar-refractivity contribution in [2.45, 2.75) is 18.8 Å². The van der Waals surface area contributed by atoms with Crippen molar-refractivity contribution in [2.24, 2.45) is 0 Å². The van der Waals surface area contributed by atoms with Gasteiger partial charge in [-0.3, -0.25) is 9.59 Å². The third kappa shape index (κ3) is 3.96. The number of benzene rings is 1.